The van der Waals surface area contributed by atoms with Crippen LogP contribution in [0.4, 0.5) is 10.1 Å². The highest BCUT2D eigenvalue weighted by Gasteiger charge is 2.18. The number of anilines is 1. The molecule has 0 bridgehead atoms. The summed E-state index contributed by atoms with van der Waals surface area (Å²) in [6, 6.07) is 4.94. The maximum atomic E-state index is 13.0. The SMILES string of the molecule is CC1CC(C)SC(Nc2ccc(F)cc2Br)=N1. The van der Waals surface area contributed by atoms with Gasteiger partial charge in [0.25, 0.3) is 0 Å². The number of aliphatic imine (C=N–C) groups is 1. The van der Waals surface area contributed by atoms with Crippen molar-refractivity contribution in [3.05, 3.63) is 28.5 Å². The van der Waals surface area contributed by atoms with Crippen molar-refractivity contribution in [3.8, 4) is 0 Å². The molecule has 1 aromatic carbocycles. The Balaban J connectivity index is 2.15. The van der Waals surface area contributed by atoms with Gasteiger partial charge in [0.05, 0.1) is 11.7 Å². The molecular weight excluding hydrogens is 303 g/mol. The fourth-order valence-corrected chi connectivity index (χ4v) is 3.39. The molecule has 0 fully saturated rings. The van der Waals surface area contributed by atoms with Gasteiger partial charge in [0.1, 0.15) is 5.82 Å². The molecule has 2 atom stereocenters. The van der Waals surface area contributed by atoms with Gasteiger partial charge in [0.15, 0.2) is 5.17 Å². The average Bonchev–Trinajstić information content (AvgIpc) is 2.21. The fourth-order valence-electron chi connectivity index (χ4n) is 1.77. The number of benzene rings is 1. The number of halogens is 2. The highest BCUT2D eigenvalue weighted by molar-refractivity contribution is 9.10. The van der Waals surface area contributed by atoms with Crippen molar-refractivity contribution in [2.24, 2.45) is 4.99 Å². The van der Waals surface area contributed by atoms with Crippen LogP contribution in [0.2, 0.25) is 0 Å². The molecule has 0 saturated carbocycles. The first-order valence-electron chi connectivity index (χ1n) is 5.51. The van der Waals surface area contributed by atoms with Gasteiger partial charge in [-0.15, -0.1) is 0 Å². The summed E-state index contributed by atoms with van der Waals surface area (Å²) < 4.78 is 13.7. The highest BCUT2D eigenvalue weighted by Crippen LogP contribution is 2.29. The van der Waals surface area contributed by atoms with Crippen LogP contribution in [0, 0.1) is 5.82 Å². The van der Waals surface area contributed by atoms with Crippen LogP contribution in [0.25, 0.3) is 0 Å². The summed E-state index contributed by atoms with van der Waals surface area (Å²) in [7, 11) is 0. The lowest BCUT2D eigenvalue weighted by Crippen LogP contribution is -2.22. The van der Waals surface area contributed by atoms with Crippen LogP contribution in [0.1, 0.15) is 20.3 Å². The normalized spacial score (nSPS) is 24.4. The average molecular weight is 317 g/mol. The lowest BCUT2D eigenvalue weighted by atomic mass is 10.2. The first kappa shape index (κ1) is 12.9. The van der Waals surface area contributed by atoms with Crippen LogP contribution in [-0.4, -0.2) is 16.5 Å². The van der Waals surface area contributed by atoms with Crippen molar-refractivity contribution in [1.29, 1.82) is 0 Å². The van der Waals surface area contributed by atoms with Crippen molar-refractivity contribution in [2.75, 3.05) is 5.32 Å². The Labute approximate surface area is 113 Å². The molecule has 1 aliphatic rings. The number of hydrogen-bond acceptors (Lipinski definition) is 3. The minimum Gasteiger partial charge on any atom is -0.334 e. The minimum atomic E-state index is -0.248. The van der Waals surface area contributed by atoms with Crippen molar-refractivity contribution in [3.63, 3.8) is 0 Å². The van der Waals surface area contributed by atoms with E-state index in [0.717, 1.165) is 17.3 Å². The summed E-state index contributed by atoms with van der Waals surface area (Å²) in [5.41, 5.74) is 0.846. The number of rotatable bonds is 1. The molecule has 2 unspecified atom stereocenters. The summed E-state index contributed by atoms with van der Waals surface area (Å²) in [5, 5.41) is 4.70. The Bertz CT molecular complexity index is 450. The number of hydrogen-bond donors (Lipinski definition) is 1. The zero-order valence-electron chi connectivity index (χ0n) is 9.71. The van der Waals surface area contributed by atoms with E-state index >= 15 is 0 Å². The quantitative estimate of drug-likeness (QED) is 0.836. The van der Waals surface area contributed by atoms with E-state index in [9.17, 15) is 4.39 Å². The van der Waals surface area contributed by atoms with Crippen LogP contribution >= 0.6 is 27.7 Å². The topological polar surface area (TPSA) is 24.4 Å². The third kappa shape index (κ3) is 3.45. The smallest absolute Gasteiger partial charge is 0.161 e. The zero-order chi connectivity index (χ0) is 12.4. The van der Waals surface area contributed by atoms with Gasteiger partial charge in [-0.3, -0.25) is 4.99 Å². The summed E-state index contributed by atoms with van der Waals surface area (Å²) >= 11 is 5.06. The molecule has 1 aliphatic heterocycles. The lowest BCUT2D eigenvalue weighted by molar-refractivity contribution is 0.627. The Hall–Kier alpha value is -0.550. The Morgan fingerprint density at radius 3 is 2.88 bits per heavy atom. The minimum absolute atomic E-state index is 0.248. The molecule has 0 amide bonds. The van der Waals surface area contributed by atoms with E-state index in [4.69, 9.17) is 0 Å². The van der Waals surface area contributed by atoms with Crippen LogP contribution in [-0.2, 0) is 0 Å². The second-order valence-electron chi connectivity index (χ2n) is 4.20. The van der Waals surface area contributed by atoms with Crippen molar-refractivity contribution in [2.45, 2.75) is 31.6 Å². The Kier molecular flexibility index (Phi) is 4.09. The van der Waals surface area contributed by atoms with Gasteiger partial charge >= 0.3 is 0 Å². The monoisotopic (exact) mass is 316 g/mol. The van der Waals surface area contributed by atoms with Crippen molar-refractivity contribution in [1.82, 2.24) is 0 Å². The van der Waals surface area contributed by atoms with Gasteiger partial charge in [-0.2, -0.15) is 0 Å². The second kappa shape index (κ2) is 5.40. The number of nitrogens with one attached hydrogen (secondary N) is 1. The van der Waals surface area contributed by atoms with E-state index in [2.05, 4.69) is 40.1 Å². The van der Waals surface area contributed by atoms with Gasteiger partial charge in [0.2, 0.25) is 0 Å². The maximum Gasteiger partial charge on any atom is 0.161 e. The predicted octanol–water partition coefficient (Wildman–Crippen LogP) is 4.27. The van der Waals surface area contributed by atoms with E-state index in [1.165, 1.54) is 12.1 Å². The summed E-state index contributed by atoms with van der Waals surface area (Å²) in [5.74, 6) is -0.248. The molecule has 0 aromatic heterocycles. The van der Waals surface area contributed by atoms with Crippen LogP contribution in [0.5, 0.6) is 0 Å². The molecule has 1 heterocycles. The summed E-state index contributed by atoms with van der Waals surface area (Å²) in [6.45, 7) is 4.30. The maximum absolute atomic E-state index is 13.0. The number of amidine groups is 1. The largest absolute Gasteiger partial charge is 0.334 e. The fraction of sp³-hybridized carbons (Fsp3) is 0.417. The Morgan fingerprint density at radius 1 is 1.47 bits per heavy atom. The second-order valence-corrected chi connectivity index (χ2v) is 6.48. The molecule has 0 saturated heterocycles. The predicted molar refractivity (Wildman–Crippen MR) is 76.3 cm³/mol. The third-order valence-electron chi connectivity index (χ3n) is 2.50. The number of nitrogens with zero attached hydrogens (tertiary/aromatic N) is 1. The van der Waals surface area contributed by atoms with Gasteiger partial charge in [-0.1, -0.05) is 18.7 Å². The molecule has 0 aliphatic carbocycles. The van der Waals surface area contributed by atoms with Crippen LogP contribution in [0.15, 0.2) is 27.7 Å². The van der Waals surface area contributed by atoms with Crippen LogP contribution < -0.4 is 5.32 Å². The highest BCUT2D eigenvalue weighted by atomic mass is 79.9. The van der Waals surface area contributed by atoms with Crippen molar-refractivity contribution >= 4 is 38.5 Å². The molecule has 1 aromatic rings. The van der Waals surface area contributed by atoms with E-state index in [0.29, 0.717) is 15.8 Å². The summed E-state index contributed by atoms with van der Waals surface area (Å²) in [4.78, 5) is 4.55. The van der Waals surface area contributed by atoms with Gasteiger partial charge in [-0.25, -0.2) is 4.39 Å². The zero-order valence-corrected chi connectivity index (χ0v) is 12.1. The summed E-state index contributed by atoms with van der Waals surface area (Å²) in [6.07, 6.45) is 1.10. The van der Waals surface area contributed by atoms with Gasteiger partial charge < -0.3 is 5.32 Å². The number of thioether (sulfide) groups is 1. The lowest BCUT2D eigenvalue weighted by Gasteiger charge is -2.23. The molecule has 0 radical (unpaired) electrons. The molecule has 1 N–H and O–H groups in total. The molecule has 5 heteroatoms. The molecular formula is C12H14BrFN2S. The van der Waals surface area contributed by atoms with Crippen LogP contribution in [0.3, 0.4) is 0 Å². The Morgan fingerprint density at radius 2 is 2.24 bits per heavy atom. The van der Waals surface area contributed by atoms with E-state index in [1.807, 2.05) is 0 Å². The van der Waals surface area contributed by atoms with Gasteiger partial charge in [-0.05, 0) is 47.5 Å². The first-order valence-corrected chi connectivity index (χ1v) is 7.18. The molecule has 2 nitrogen and oxygen atoms in total. The molecule has 2 rings (SSSR count). The van der Waals surface area contributed by atoms with Crippen molar-refractivity contribution < 1.29 is 4.39 Å². The third-order valence-corrected chi connectivity index (χ3v) is 4.18. The first-order chi connectivity index (χ1) is 8.04. The molecule has 0 spiro atoms. The van der Waals surface area contributed by atoms with E-state index < -0.39 is 0 Å². The van der Waals surface area contributed by atoms with E-state index in [1.54, 1.807) is 17.8 Å². The standard InChI is InChI=1S/C12H14BrFN2S/c1-7-5-8(2)17-12(15-7)16-11-4-3-9(14)6-10(11)13/h3-4,6-8H,5H2,1-2H3,(H,15,16). The van der Waals surface area contributed by atoms with E-state index in [-0.39, 0.29) is 5.82 Å². The van der Waals surface area contributed by atoms with Gasteiger partial charge in [0, 0.05) is 9.72 Å². The molecule has 17 heavy (non-hydrogen) atoms. The molecule has 92 valence electrons.